The van der Waals surface area contributed by atoms with Gasteiger partial charge in [-0.15, -0.1) is 0 Å². The first-order chi connectivity index (χ1) is 6.10. The zero-order chi connectivity index (χ0) is 10.3. The van der Waals surface area contributed by atoms with E-state index in [1.165, 1.54) is 0 Å². The van der Waals surface area contributed by atoms with Crippen LogP contribution in [0, 0.1) is 0 Å². The van der Waals surface area contributed by atoms with E-state index >= 15 is 0 Å². The van der Waals surface area contributed by atoms with E-state index in [9.17, 15) is 0 Å². The maximum Gasteiger partial charge on any atom is 0.243 e. The van der Waals surface area contributed by atoms with Gasteiger partial charge >= 0.3 is 0 Å². The van der Waals surface area contributed by atoms with Crippen molar-refractivity contribution in [3.8, 4) is 0 Å². The first-order valence-corrected chi connectivity index (χ1v) is 4.32. The quantitative estimate of drug-likeness (QED) is 0.669. The summed E-state index contributed by atoms with van der Waals surface area (Å²) >= 11 is 0. The van der Waals surface area contributed by atoms with Crippen LogP contribution in [0.5, 0.6) is 0 Å². The van der Waals surface area contributed by atoms with Crippen LogP contribution in [0.1, 0.15) is 20.8 Å². The third-order valence-electron chi connectivity index (χ3n) is 1.48. The smallest absolute Gasteiger partial charge is 0.243 e. The summed E-state index contributed by atoms with van der Waals surface area (Å²) in [7, 11) is 0. The zero-order valence-electron chi connectivity index (χ0n) is 9.06. The molecule has 1 rings (SSSR count). The number of carbonyl (C=O) groups excluding carboxylic acids is 1. The fraction of sp³-hybridized carbons (Fsp3) is 0.556. The molecule has 1 heterocycles. The third-order valence-corrected chi connectivity index (χ3v) is 1.48. The summed E-state index contributed by atoms with van der Waals surface area (Å²) in [5, 5.41) is 8.89. The summed E-state index contributed by atoms with van der Waals surface area (Å²) in [4.78, 5) is 8.89. The molecule has 5 nitrogen and oxygen atoms in total. The highest BCUT2D eigenvalue weighted by molar-refractivity contribution is 5.60. The van der Waals surface area contributed by atoms with Crippen molar-refractivity contribution in [1.29, 1.82) is 0 Å². The minimum Gasteiger partial charge on any atom is -0.550 e. The molecule has 0 fully saturated rings. The topological polar surface area (TPSA) is 83.9 Å². The number of aromatic nitrogens is 2. The van der Waals surface area contributed by atoms with Gasteiger partial charge < -0.3 is 16.1 Å². The van der Waals surface area contributed by atoms with E-state index < -0.39 is 5.97 Å². The molecule has 82 valence electrons. The van der Waals surface area contributed by atoms with E-state index in [-0.39, 0.29) is 6.15 Å². The predicted molar refractivity (Wildman–Crippen MR) is 51.7 cm³/mol. The number of aryl methyl sites for hydroxylation is 2. The lowest BCUT2D eigenvalue weighted by Crippen LogP contribution is -2.28. The summed E-state index contributed by atoms with van der Waals surface area (Å²) in [5.74, 6) is -1.08. The Morgan fingerprint density at radius 3 is 2.21 bits per heavy atom. The Bertz CT molecular complexity index is 236. The lowest BCUT2D eigenvalue weighted by molar-refractivity contribution is -0.693. The van der Waals surface area contributed by atoms with Gasteiger partial charge in [-0.2, -0.15) is 0 Å². The van der Waals surface area contributed by atoms with Crippen LogP contribution in [-0.4, -0.2) is 10.5 Å². The van der Waals surface area contributed by atoms with E-state index in [1.807, 2.05) is 0 Å². The van der Waals surface area contributed by atoms with Crippen molar-refractivity contribution in [2.75, 3.05) is 0 Å². The Balaban J connectivity index is 0. The number of carboxylic acids is 1. The lowest BCUT2D eigenvalue weighted by atomic mass is 10.7. The van der Waals surface area contributed by atoms with E-state index in [1.54, 1.807) is 0 Å². The van der Waals surface area contributed by atoms with Gasteiger partial charge in [0.2, 0.25) is 6.33 Å². The van der Waals surface area contributed by atoms with E-state index in [0.29, 0.717) is 0 Å². The van der Waals surface area contributed by atoms with Gasteiger partial charge in [0, 0.05) is 5.97 Å². The highest BCUT2D eigenvalue weighted by Crippen LogP contribution is 1.81. The molecule has 0 bridgehead atoms. The van der Waals surface area contributed by atoms with Crippen LogP contribution in [0.3, 0.4) is 0 Å². The molecule has 0 aliphatic rings. The average Bonchev–Trinajstić information content (AvgIpc) is 2.50. The number of imidazole rings is 1. The second kappa shape index (κ2) is 8.25. The number of hydrogen-bond donors (Lipinski definition) is 1. The second-order valence-corrected chi connectivity index (χ2v) is 2.57. The number of carboxylic acid groups (broad SMARTS) is 1. The molecule has 0 aliphatic heterocycles. The van der Waals surface area contributed by atoms with Gasteiger partial charge in [-0.25, -0.2) is 9.13 Å². The zero-order valence-corrected chi connectivity index (χ0v) is 9.06. The minimum absolute atomic E-state index is 0. The number of carbonyl (C=O) groups is 1. The van der Waals surface area contributed by atoms with Crippen LogP contribution in [0.4, 0.5) is 0 Å². The summed E-state index contributed by atoms with van der Waals surface area (Å²) in [6.45, 7) is 7.38. The van der Waals surface area contributed by atoms with E-state index in [4.69, 9.17) is 9.90 Å². The van der Waals surface area contributed by atoms with Crippen LogP contribution in [0.25, 0.3) is 0 Å². The maximum atomic E-state index is 8.89. The van der Waals surface area contributed by atoms with Crippen molar-refractivity contribution in [2.45, 2.75) is 33.9 Å². The van der Waals surface area contributed by atoms with Crippen molar-refractivity contribution in [3.05, 3.63) is 18.7 Å². The highest BCUT2D eigenvalue weighted by Gasteiger charge is 1.95. The van der Waals surface area contributed by atoms with Gasteiger partial charge in [-0.3, -0.25) is 0 Å². The second-order valence-electron chi connectivity index (χ2n) is 2.57. The average molecular weight is 201 g/mol. The largest absolute Gasteiger partial charge is 0.550 e. The SMILES string of the molecule is CC(=O)[O-].CCn1cc[n+](CC)c1.N. The van der Waals surface area contributed by atoms with Gasteiger partial charge in [0.15, 0.2) is 0 Å². The fourth-order valence-electron chi connectivity index (χ4n) is 0.813. The predicted octanol–water partition coefficient (Wildman–Crippen LogP) is -0.266. The van der Waals surface area contributed by atoms with Gasteiger partial charge in [-0.05, 0) is 20.8 Å². The van der Waals surface area contributed by atoms with Crippen molar-refractivity contribution in [1.82, 2.24) is 10.7 Å². The van der Waals surface area contributed by atoms with Crippen LogP contribution < -0.4 is 15.8 Å². The van der Waals surface area contributed by atoms with Crippen LogP contribution >= 0.6 is 0 Å². The van der Waals surface area contributed by atoms with Crippen molar-refractivity contribution >= 4 is 5.97 Å². The molecule has 0 aromatic carbocycles. The maximum absolute atomic E-state index is 8.89. The van der Waals surface area contributed by atoms with Crippen molar-refractivity contribution in [3.63, 3.8) is 0 Å². The standard InChI is InChI=1S/C7H13N2.C2H4O2.H3N/c1-3-8-5-6-9(4-2)7-8;1-2(3)4;/h5-7H,3-4H2,1-2H3;1H3,(H,3,4);1H3/q+1;;/p-1. The van der Waals surface area contributed by atoms with Crippen LogP contribution in [0.15, 0.2) is 18.7 Å². The highest BCUT2D eigenvalue weighted by atomic mass is 16.4. The monoisotopic (exact) mass is 201 g/mol. The van der Waals surface area contributed by atoms with Gasteiger partial charge in [0.25, 0.3) is 0 Å². The molecule has 0 amide bonds. The number of rotatable bonds is 2. The summed E-state index contributed by atoms with van der Waals surface area (Å²) < 4.78 is 4.31. The Hall–Kier alpha value is -1.36. The Kier molecular flexibility index (Phi) is 8.91. The van der Waals surface area contributed by atoms with Crippen molar-refractivity contribution in [2.24, 2.45) is 0 Å². The van der Waals surface area contributed by atoms with Crippen molar-refractivity contribution < 1.29 is 14.5 Å². The lowest BCUT2D eigenvalue weighted by Gasteiger charge is -1.84. The van der Waals surface area contributed by atoms with Crippen LogP contribution in [0.2, 0.25) is 0 Å². The Morgan fingerprint density at radius 2 is 2.00 bits per heavy atom. The molecule has 0 aliphatic carbocycles. The molecular weight excluding hydrogens is 182 g/mol. The molecule has 3 N–H and O–H groups in total. The Morgan fingerprint density at radius 1 is 1.50 bits per heavy atom. The summed E-state index contributed by atoms with van der Waals surface area (Å²) in [5.41, 5.74) is 0. The molecule has 1 aromatic heterocycles. The molecule has 0 spiro atoms. The third kappa shape index (κ3) is 7.30. The number of nitrogens with zero attached hydrogens (tertiary/aromatic N) is 2. The normalized spacial score (nSPS) is 8.21. The molecule has 5 heteroatoms. The molecular formula is C9H19N3O2. The molecule has 0 radical (unpaired) electrons. The minimum atomic E-state index is -1.08. The molecule has 1 aromatic rings. The van der Waals surface area contributed by atoms with Gasteiger partial charge in [0.05, 0.1) is 13.1 Å². The number of hydrogen-bond acceptors (Lipinski definition) is 3. The first kappa shape index (κ1) is 15.1. The van der Waals surface area contributed by atoms with E-state index in [2.05, 4.69) is 41.7 Å². The van der Waals surface area contributed by atoms with Gasteiger partial charge in [0.1, 0.15) is 12.4 Å². The van der Waals surface area contributed by atoms with Crippen LogP contribution in [-0.2, 0) is 17.9 Å². The molecule has 0 atom stereocenters. The summed E-state index contributed by atoms with van der Waals surface area (Å²) in [6, 6.07) is 0. The molecule has 14 heavy (non-hydrogen) atoms. The molecule has 0 saturated heterocycles. The molecule has 0 unspecified atom stereocenters. The first-order valence-electron chi connectivity index (χ1n) is 4.32. The fourth-order valence-corrected chi connectivity index (χ4v) is 0.813. The molecule has 0 saturated carbocycles. The number of aliphatic carboxylic acids is 1. The summed E-state index contributed by atoms with van der Waals surface area (Å²) in [6.07, 6.45) is 6.28. The van der Waals surface area contributed by atoms with Gasteiger partial charge in [-0.1, -0.05) is 0 Å². The van der Waals surface area contributed by atoms with E-state index in [0.717, 1.165) is 20.0 Å². The Labute approximate surface area is 84.6 Å².